The number of nitrogens with zero attached hydrogens (tertiary/aromatic N) is 4. The van der Waals surface area contributed by atoms with Crippen molar-refractivity contribution in [2.45, 2.75) is 5.75 Å². The molecule has 0 aliphatic rings. The van der Waals surface area contributed by atoms with Gasteiger partial charge in [0.25, 0.3) is 0 Å². The molecule has 0 radical (unpaired) electrons. The lowest BCUT2D eigenvalue weighted by molar-refractivity contribution is 0.593. The van der Waals surface area contributed by atoms with Crippen molar-refractivity contribution < 1.29 is 8.42 Å². The number of benzene rings is 2. The fourth-order valence-electron chi connectivity index (χ4n) is 3.97. The molecule has 0 fully saturated rings. The highest BCUT2D eigenvalue weighted by Gasteiger charge is 2.19. The number of hydrogen-bond donors (Lipinski definition) is 0. The molecular weight excluding hydrogens is 448 g/mol. The van der Waals surface area contributed by atoms with Gasteiger partial charge in [-0.1, -0.05) is 36.4 Å². The molecule has 0 unspecified atom stereocenters. The molecule has 0 saturated carbocycles. The third-order valence-corrected chi connectivity index (χ3v) is 7.61. The van der Waals surface area contributed by atoms with Gasteiger partial charge in [-0.05, 0) is 41.3 Å². The molecule has 7 nitrogen and oxygen atoms in total. The lowest BCUT2D eigenvalue weighted by Gasteiger charge is -2.19. The van der Waals surface area contributed by atoms with Crippen LogP contribution in [0.1, 0.15) is 5.56 Å². The van der Waals surface area contributed by atoms with Crippen LogP contribution in [0.2, 0.25) is 0 Å². The van der Waals surface area contributed by atoms with E-state index in [1.165, 1.54) is 11.4 Å². The third-order valence-electron chi connectivity index (χ3n) is 5.87. The van der Waals surface area contributed by atoms with Crippen molar-refractivity contribution in [2.75, 3.05) is 11.4 Å². The molecule has 170 valence electrons. The van der Waals surface area contributed by atoms with E-state index in [0.29, 0.717) is 27.5 Å². The van der Waals surface area contributed by atoms with Gasteiger partial charge < -0.3 is 0 Å². The zero-order valence-corrected chi connectivity index (χ0v) is 19.5. The Hall–Kier alpha value is -4.04. The Balaban J connectivity index is 1.59. The molecule has 0 aliphatic heterocycles. The number of anilines is 1. The second-order valence-electron chi connectivity index (χ2n) is 8.20. The molecule has 0 bridgehead atoms. The van der Waals surface area contributed by atoms with Crippen molar-refractivity contribution in [3.8, 4) is 11.1 Å². The lowest BCUT2D eigenvalue weighted by Crippen LogP contribution is -2.27. The summed E-state index contributed by atoms with van der Waals surface area (Å²) < 4.78 is 29.0. The summed E-state index contributed by atoms with van der Waals surface area (Å²) >= 11 is 0. The zero-order valence-electron chi connectivity index (χ0n) is 18.7. The molecule has 5 rings (SSSR count). The van der Waals surface area contributed by atoms with Gasteiger partial charge in [0.15, 0.2) is 5.43 Å². The number of sulfonamides is 1. The van der Waals surface area contributed by atoms with Crippen LogP contribution in [0.3, 0.4) is 0 Å². The van der Waals surface area contributed by atoms with E-state index in [4.69, 9.17) is 0 Å². The average molecular weight is 471 g/mol. The third kappa shape index (κ3) is 4.04. The van der Waals surface area contributed by atoms with E-state index in [1.807, 2.05) is 37.5 Å². The number of rotatable bonds is 5. The van der Waals surface area contributed by atoms with Gasteiger partial charge in [-0.25, -0.2) is 8.42 Å². The van der Waals surface area contributed by atoms with Crippen LogP contribution < -0.4 is 9.73 Å². The van der Waals surface area contributed by atoms with Gasteiger partial charge >= 0.3 is 0 Å². The number of aryl methyl sites for hydroxylation is 1. The first-order valence-corrected chi connectivity index (χ1v) is 12.3. The van der Waals surface area contributed by atoms with Crippen molar-refractivity contribution >= 4 is 37.4 Å². The maximum Gasteiger partial charge on any atom is 0.239 e. The maximum atomic E-state index is 13.5. The summed E-state index contributed by atoms with van der Waals surface area (Å²) in [7, 11) is -0.278. The predicted octanol–water partition coefficient (Wildman–Crippen LogP) is 4.11. The van der Waals surface area contributed by atoms with Crippen molar-refractivity contribution in [1.82, 2.24) is 14.8 Å². The fourth-order valence-corrected chi connectivity index (χ4v) is 5.21. The Bertz CT molecular complexity index is 1700. The molecule has 34 heavy (non-hydrogen) atoms. The summed E-state index contributed by atoms with van der Waals surface area (Å²) in [5, 5.41) is 5.84. The van der Waals surface area contributed by atoms with Gasteiger partial charge in [-0.15, -0.1) is 0 Å². The Morgan fingerprint density at radius 3 is 2.41 bits per heavy atom. The minimum Gasteiger partial charge on any atom is -0.289 e. The van der Waals surface area contributed by atoms with Crippen LogP contribution in [0, 0.1) is 0 Å². The Morgan fingerprint density at radius 2 is 1.68 bits per heavy atom. The first-order chi connectivity index (χ1) is 16.3. The van der Waals surface area contributed by atoms with Gasteiger partial charge in [-0.2, -0.15) is 5.10 Å². The van der Waals surface area contributed by atoms with E-state index in [-0.39, 0.29) is 11.2 Å². The summed E-state index contributed by atoms with van der Waals surface area (Å²) in [5.74, 6) is -0.219. The monoisotopic (exact) mass is 470 g/mol. The highest BCUT2D eigenvalue weighted by Crippen LogP contribution is 2.24. The number of para-hydroxylation sites is 1. The smallest absolute Gasteiger partial charge is 0.239 e. The Kier molecular flexibility index (Phi) is 5.37. The van der Waals surface area contributed by atoms with Crippen LogP contribution in [-0.2, 0) is 22.8 Å². The number of pyridine rings is 1. The first-order valence-electron chi connectivity index (χ1n) is 10.7. The van der Waals surface area contributed by atoms with Crippen LogP contribution in [0.15, 0.2) is 90.1 Å². The van der Waals surface area contributed by atoms with Crippen molar-refractivity contribution in [3.63, 3.8) is 0 Å². The predicted molar refractivity (Wildman–Crippen MR) is 135 cm³/mol. The molecule has 5 aromatic rings. The van der Waals surface area contributed by atoms with Gasteiger partial charge in [0.1, 0.15) is 0 Å². The largest absolute Gasteiger partial charge is 0.289 e. The minimum absolute atomic E-state index is 0.191. The molecule has 0 atom stereocenters. The lowest BCUT2D eigenvalue weighted by atomic mass is 10.1. The van der Waals surface area contributed by atoms with Crippen molar-refractivity contribution in [3.05, 3.63) is 101 Å². The standard InChI is InChI=1S/C26H22N4O3S/c1-29-16-21(15-28-29)20-13-24-25(27-14-20)11-10-19-9-8-18(12-23(19)26(24)31)17-34(32,33)30(2)22-6-4-3-5-7-22/h3-16H,17H2,1-2H3. The zero-order chi connectivity index (χ0) is 23.9. The van der Waals surface area contributed by atoms with E-state index in [1.54, 1.807) is 59.5 Å². The summed E-state index contributed by atoms with van der Waals surface area (Å²) in [5.41, 5.74) is 3.17. The normalized spacial score (nSPS) is 11.7. The SMILES string of the molecule is CN(c1ccccc1)S(=O)(=O)Cc1ccc2ccc3ncc(-c4cnn(C)c4)cc3c(=O)c2c1. The van der Waals surface area contributed by atoms with Gasteiger partial charge in [-0.3, -0.25) is 18.8 Å². The second-order valence-corrected chi connectivity index (χ2v) is 10.2. The Labute approximate surface area is 197 Å². The van der Waals surface area contributed by atoms with Crippen molar-refractivity contribution in [1.29, 1.82) is 0 Å². The highest BCUT2D eigenvalue weighted by molar-refractivity contribution is 7.92. The molecule has 0 N–H and O–H groups in total. The molecule has 0 amide bonds. The number of aromatic nitrogens is 3. The van der Waals surface area contributed by atoms with E-state index in [0.717, 1.165) is 16.5 Å². The van der Waals surface area contributed by atoms with E-state index in [2.05, 4.69) is 10.1 Å². The average Bonchev–Trinajstić information content (AvgIpc) is 3.23. The molecule has 3 aromatic carbocycles. The van der Waals surface area contributed by atoms with Gasteiger partial charge in [0.2, 0.25) is 10.0 Å². The van der Waals surface area contributed by atoms with E-state index >= 15 is 0 Å². The molecular formula is C26H22N4O3S. The van der Waals surface area contributed by atoms with Gasteiger partial charge in [0, 0.05) is 48.4 Å². The molecule has 0 saturated heterocycles. The summed E-state index contributed by atoms with van der Waals surface area (Å²) in [6, 6.07) is 19.6. The summed E-state index contributed by atoms with van der Waals surface area (Å²) in [6.45, 7) is 0. The van der Waals surface area contributed by atoms with Crippen LogP contribution in [0.25, 0.3) is 32.8 Å². The molecule has 8 heteroatoms. The first kappa shape index (κ1) is 21.8. The van der Waals surface area contributed by atoms with Crippen LogP contribution in [0.4, 0.5) is 5.69 Å². The molecule has 2 heterocycles. The second kappa shape index (κ2) is 8.39. The van der Waals surface area contributed by atoms with E-state index < -0.39 is 10.0 Å². The highest BCUT2D eigenvalue weighted by atomic mass is 32.2. The number of fused-ring (bicyclic) bond motifs is 2. The van der Waals surface area contributed by atoms with Crippen LogP contribution in [0.5, 0.6) is 0 Å². The molecule has 0 spiro atoms. The summed E-state index contributed by atoms with van der Waals surface area (Å²) in [4.78, 5) is 18.0. The molecule has 0 aliphatic carbocycles. The van der Waals surface area contributed by atoms with Crippen LogP contribution >= 0.6 is 0 Å². The van der Waals surface area contributed by atoms with Crippen LogP contribution in [-0.4, -0.2) is 30.2 Å². The molecule has 2 aromatic heterocycles. The quantitative estimate of drug-likeness (QED) is 0.386. The Morgan fingerprint density at radius 1 is 0.912 bits per heavy atom. The van der Waals surface area contributed by atoms with Crippen molar-refractivity contribution in [2.24, 2.45) is 7.05 Å². The van der Waals surface area contributed by atoms with E-state index in [9.17, 15) is 13.2 Å². The number of hydrogen-bond acceptors (Lipinski definition) is 5. The maximum absolute atomic E-state index is 13.5. The summed E-state index contributed by atoms with van der Waals surface area (Å²) in [6.07, 6.45) is 5.31. The minimum atomic E-state index is -3.64. The van der Waals surface area contributed by atoms with Gasteiger partial charge in [0.05, 0.1) is 23.2 Å². The fraction of sp³-hybridized carbons (Fsp3) is 0.115. The topological polar surface area (TPSA) is 85.2 Å².